The predicted octanol–water partition coefficient (Wildman–Crippen LogP) is 3.46. The van der Waals surface area contributed by atoms with Crippen molar-refractivity contribution in [2.45, 2.75) is 31.6 Å². The lowest BCUT2D eigenvalue weighted by Gasteiger charge is -2.07. The molecule has 1 aliphatic carbocycles. The van der Waals surface area contributed by atoms with Gasteiger partial charge < -0.3 is 0 Å². The third kappa shape index (κ3) is 2.20. The molecule has 1 saturated carbocycles. The van der Waals surface area contributed by atoms with E-state index in [2.05, 4.69) is 27.1 Å². The maximum absolute atomic E-state index is 12.3. The zero-order valence-corrected chi connectivity index (χ0v) is 12.5. The van der Waals surface area contributed by atoms with Crippen molar-refractivity contribution < 1.29 is 0 Å². The van der Waals surface area contributed by atoms with Crippen LogP contribution in [0.1, 0.15) is 42.9 Å². The number of hydrogen-bond donors (Lipinski definition) is 1. The number of hydrogen-bond acceptors (Lipinski definition) is 2. The Labute approximate surface area is 125 Å². The summed E-state index contributed by atoms with van der Waals surface area (Å²) in [6, 6.07) is 9.06. The molecule has 3 rings (SSSR count). The van der Waals surface area contributed by atoms with E-state index in [9.17, 15) is 4.79 Å². The van der Waals surface area contributed by atoms with Gasteiger partial charge in [0, 0.05) is 5.92 Å². The number of H-pyrrole nitrogens is 1. The van der Waals surface area contributed by atoms with Crippen LogP contribution in [-0.4, -0.2) is 9.78 Å². The molecule has 5 heteroatoms. The van der Waals surface area contributed by atoms with Crippen molar-refractivity contribution in [1.82, 2.24) is 9.78 Å². The van der Waals surface area contributed by atoms with Crippen molar-refractivity contribution >= 4 is 15.9 Å². The topological polar surface area (TPSA) is 61.6 Å². The second-order valence-corrected chi connectivity index (χ2v) is 5.91. The van der Waals surface area contributed by atoms with E-state index in [4.69, 9.17) is 5.26 Å². The van der Waals surface area contributed by atoms with Gasteiger partial charge in [-0.25, -0.2) is 4.68 Å². The van der Waals surface area contributed by atoms with Gasteiger partial charge >= 0.3 is 0 Å². The Morgan fingerprint density at radius 2 is 1.90 bits per heavy atom. The van der Waals surface area contributed by atoms with Crippen molar-refractivity contribution in [3.8, 4) is 11.8 Å². The molecule has 0 spiro atoms. The zero-order valence-electron chi connectivity index (χ0n) is 10.9. The van der Waals surface area contributed by atoms with Crippen LogP contribution < -0.4 is 5.56 Å². The Morgan fingerprint density at radius 1 is 1.25 bits per heavy atom. The highest BCUT2D eigenvalue weighted by Crippen LogP contribution is 2.35. The van der Waals surface area contributed by atoms with Crippen molar-refractivity contribution in [2.24, 2.45) is 0 Å². The molecule has 0 bridgehead atoms. The van der Waals surface area contributed by atoms with Gasteiger partial charge in [0.15, 0.2) is 0 Å². The Hall–Kier alpha value is -1.80. The summed E-state index contributed by atoms with van der Waals surface area (Å²) in [5.41, 5.74) is 2.26. The van der Waals surface area contributed by atoms with Crippen LogP contribution in [0.25, 0.3) is 5.69 Å². The molecule has 0 unspecified atom stereocenters. The predicted molar refractivity (Wildman–Crippen MR) is 80.0 cm³/mol. The molecule has 102 valence electrons. The second kappa shape index (κ2) is 5.29. The quantitative estimate of drug-likeness (QED) is 0.915. The first kappa shape index (κ1) is 13.2. The highest BCUT2D eigenvalue weighted by atomic mass is 79.9. The summed E-state index contributed by atoms with van der Waals surface area (Å²) in [5.74, 6) is 0.441. The normalized spacial score (nSPS) is 15.4. The van der Waals surface area contributed by atoms with Crippen LogP contribution in [0.2, 0.25) is 0 Å². The number of nitrogens with one attached hydrogen (secondary N) is 1. The molecule has 4 nitrogen and oxygen atoms in total. The highest BCUT2D eigenvalue weighted by molar-refractivity contribution is 9.10. The lowest BCUT2D eigenvalue weighted by atomic mass is 10.1. The fourth-order valence-electron chi connectivity index (χ4n) is 2.79. The molecule has 1 fully saturated rings. The van der Waals surface area contributed by atoms with E-state index >= 15 is 0 Å². The van der Waals surface area contributed by atoms with Gasteiger partial charge in [-0.1, -0.05) is 12.8 Å². The van der Waals surface area contributed by atoms with E-state index in [0.717, 1.165) is 24.2 Å². The van der Waals surface area contributed by atoms with Crippen molar-refractivity contribution in [3.63, 3.8) is 0 Å². The largest absolute Gasteiger partial charge is 0.294 e. The molecule has 1 heterocycles. The molecule has 1 aromatic carbocycles. The molecule has 1 N–H and O–H groups in total. The van der Waals surface area contributed by atoms with Gasteiger partial charge in [0.2, 0.25) is 0 Å². The second-order valence-electron chi connectivity index (χ2n) is 5.12. The van der Waals surface area contributed by atoms with Crippen LogP contribution in [0, 0.1) is 11.3 Å². The molecule has 0 aliphatic heterocycles. The SMILES string of the molecule is N#Cc1ccc(-n2[nH]c(C3CCCC3)c(Br)c2=O)cc1. The van der Waals surface area contributed by atoms with E-state index in [0.29, 0.717) is 16.0 Å². The van der Waals surface area contributed by atoms with E-state index in [1.165, 1.54) is 12.8 Å². The highest BCUT2D eigenvalue weighted by Gasteiger charge is 2.24. The fourth-order valence-corrected chi connectivity index (χ4v) is 3.38. The van der Waals surface area contributed by atoms with E-state index in [-0.39, 0.29) is 5.56 Å². The number of aromatic amines is 1. The molecule has 0 amide bonds. The summed E-state index contributed by atoms with van der Waals surface area (Å²) in [7, 11) is 0. The standard InChI is InChI=1S/C15H14BrN3O/c16-13-14(11-3-1-2-4-11)18-19(15(13)20)12-7-5-10(9-17)6-8-12/h5-8,11,18H,1-4H2. The minimum atomic E-state index is -0.0726. The van der Waals surface area contributed by atoms with Crippen molar-refractivity contribution in [1.29, 1.82) is 5.26 Å². The van der Waals surface area contributed by atoms with Crippen LogP contribution >= 0.6 is 15.9 Å². The fraction of sp³-hybridized carbons (Fsp3) is 0.333. The summed E-state index contributed by atoms with van der Waals surface area (Å²) in [5, 5.41) is 12.0. The van der Waals surface area contributed by atoms with Gasteiger partial charge in [0.1, 0.15) is 4.47 Å². The third-order valence-electron chi connectivity index (χ3n) is 3.88. The van der Waals surface area contributed by atoms with Gasteiger partial charge in [0.05, 0.1) is 23.0 Å². The number of aromatic nitrogens is 2. The third-order valence-corrected chi connectivity index (χ3v) is 4.64. The monoisotopic (exact) mass is 331 g/mol. The molecule has 0 atom stereocenters. The maximum Gasteiger partial charge on any atom is 0.285 e. The number of halogens is 1. The number of nitrogens with zero attached hydrogens (tertiary/aromatic N) is 2. The lowest BCUT2D eigenvalue weighted by Crippen LogP contribution is -2.14. The summed E-state index contributed by atoms with van der Waals surface area (Å²) < 4.78 is 2.17. The van der Waals surface area contributed by atoms with Gasteiger partial charge in [-0.2, -0.15) is 5.26 Å². The first-order chi connectivity index (χ1) is 9.70. The zero-order chi connectivity index (χ0) is 14.1. The molecular formula is C15H14BrN3O. The molecule has 0 saturated heterocycles. The summed E-state index contributed by atoms with van der Waals surface area (Å²) in [4.78, 5) is 12.3. The summed E-state index contributed by atoms with van der Waals surface area (Å²) in [6.07, 6.45) is 4.71. The first-order valence-corrected chi connectivity index (χ1v) is 7.51. The van der Waals surface area contributed by atoms with Gasteiger partial charge in [0.25, 0.3) is 5.56 Å². The molecule has 0 radical (unpaired) electrons. The van der Waals surface area contributed by atoms with Crippen LogP contribution in [0.5, 0.6) is 0 Å². The summed E-state index contributed by atoms with van der Waals surface area (Å²) in [6.45, 7) is 0. The van der Waals surface area contributed by atoms with Crippen molar-refractivity contribution in [2.75, 3.05) is 0 Å². The van der Waals surface area contributed by atoms with Gasteiger partial charge in [-0.05, 0) is 53.0 Å². The van der Waals surface area contributed by atoms with E-state index in [1.54, 1.807) is 28.9 Å². The van der Waals surface area contributed by atoms with Gasteiger partial charge in [-0.15, -0.1) is 0 Å². The van der Waals surface area contributed by atoms with Gasteiger partial charge in [-0.3, -0.25) is 9.89 Å². The molecule has 20 heavy (non-hydrogen) atoms. The van der Waals surface area contributed by atoms with Crippen LogP contribution in [-0.2, 0) is 0 Å². The van der Waals surface area contributed by atoms with Crippen LogP contribution in [0.15, 0.2) is 33.5 Å². The minimum absolute atomic E-state index is 0.0726. The molecule has 2 aromatic rings. The van der Waals surface area contributed by atoms with Crippen LogP contribution in [0.4, 0.5) is 0 Å². The summed E-state index contributed by atoms with van der Waals surface area (Å²) >= 11 is 3.42. The molecule has 1 aromatic heterocycles. The number of benzene rings is 1. The Kier molecular flexibility index (Phi) is 3.49. The average molecular weight is 332 g/mol. The van der Waals surface area contributed by atoms with Crippen LogP contribution in [0.3, 0.4) is 0 Å². The van der Waals surface area contributed by atoms with E-state index in [1.807, 2.05) is 0 Å². The smallest absolute Gasteiger partial charge is 0.285 e. The average Bonchev–Trinajstić information content (AvgIpc) is 3.10. The number of rotatable bonds is 2. The maximum atomic E-state index is 12.3. The minimum Gasteiger partial charge on any atom is -0.294 e. The number of nitriles is 1. The Balaban J connectivity index is 2.03. The lowest BCUT2D eigenvalue weighted by molar-refractivity contribution is 0.675. The Morgan fingerprint density at radius 3 is 2.50 bits per heavy atom. The molecule has 1 aliphatic rings. The Bertz CT molecular complexity index is 715. The van der Waals surface area contributed by atoms with E-state index < -0.39 is 0 Å². The van der Waals surface area contributed by atoms with Crippen molar-refractivity contribution in [3.05, 3.63) is 50.3 Å². The first-order valence-electron chi connectivity index (χ1n) is 6.71. The molecular weight excluding hydrogens is 318 g/mol.